The highest BCUT2D eigenvalue weighted by Crippen LogP contribution is 2.17. The highest BCUT2D eigenvalue weighted by atomic mass is 19.1. The van der Waals surface area contributed by atoms with Crippen molar-refractivity contribution in [2.45, 2.75) is 13.0 Å². The Bertz CT molecular complexity index is 617. The van der Waals surface area contributed by atoms with Gasteiger partial charge in [-0.15, -0.1) is 0 Å². The van der Waals surface area contributed by atoms with Crippen molar-refractivity contribution in [3.63, 3.8) is 0 Å². The fourth-order valence-corrected chi connectivity index (χ4v) is 1.87. The van der Waals surface area contributed by atoms with E-state index < -0.39 is 0 Å². The van der Waals surface area contributed by atoms with Gasteiger partial charge in [-0.1, -0.05) is 12.1 Å². The zero-order valence-electron chi connectivity index (χ0n) is 11.0. The van der Waals surface area contributed by atoms with Crippen LogP contribution < -0.4 is 10.5 Å². The van der Waals surface area contributed by atoms with E-state index in [1.165, 1.54) is 18.2 Å². The Kier molecular flexibility index (Phi) is 4.70. The van der Waals surface area contributed by atoms with Gasteiger partial charge in [-0.3, -0.25) is 0 Å². The summed E-state index contributed by atoms with van der Waals surface area (Å²) in [5, 5.41) is 8.96. The van der Waals surface area contributed by atoms with Gasteiger partial charge in [0.25, 0.3) is 0 Å². The van der Waals surface area contributed by atoms with Crippen LogP contribution in [0.3, 0.4) is 0 Å². The van der Waals surface area contributed by atoms with Crippen LogP contribution in [0.15, 0.2) is 42.5 Å². The highest BCUT2D eigenvalue weighted by molar-refractivity contribution is 5.38. The molecule has 2 aromatic rings. The minimum absolute atomic E-state index is 0.164. The number of hydrogen-bond donors (Lipinski definition) is 1. The number of benzene rings is 2. The second-order valence-electron chi connectivity index (χ2n) is 4.38. The van der Waals surface area contributed by atoms with Gasteiger partial charge in [0.05, 0.1) is 11.6 Å². The van der Waals surface area contributed by atoms with Crippen molar-refractivity contribution in [2.75, 3.05) is 6.54 Å². The lowest BCUT2D eigenvalue weighted by molar-refractivity contribution is 0.305. The standard InChI is InChI=1S/C16H15FN2O/c17-15-4-3-13(10-19)14(9-15)11-20-16-5-1-12(2-6-16)7-8-18/h1-6,9H,7-8,11,18H2. The van der Waals surface area contributed by atoms with Crippen LogP contribution in [0.5, 0.6) is 5.75 Å². The minimum atomic E-state index is -0.374. The lowest BCUT2D eigenvalue weighted by atomic mass is 10.1. The maximum atomic E-state index is 13.2. The first kappa shape index (κ1) is 14.0. The number of nitrogens with zero attached hydrogens (tertiary/aromatic N) is 1. The van der Waals surface area contributed by atoms with Crippen molar-refractivity contribution in [1.82, 2.24) is 0 Å². The molecule has 2 aromatic carbocycles. The number of hydrogen-bond acceptors (Lipinski definition) is 3. The Labute approximate surface area is 117 Å². The first-order valence-corrected chi connectivity index (χ1v) is 6.33. The number of ether oxygens (including phenoxy) is 1. The quantitative estimate of drug-likeness (QED) is 0.908. The predicted octanol–water partition coefficient (Wildman–Crippen LogP) is 2.78. The van der Waals surface area contributed by atoms with Gasteiger partial charge >= 0.3 is 0 Å². The van der Waals surface area contributed by atoms with Crippen LogP contribution in [0.2, 0.25) is 0 Å². The Balaban J connectivity index is 2.05. The first-order valence-electron chi connectivity index (χ1n) is 6.33. The van der Waals surface area contributed by atoms with Gasteiger partial charge in [0.15, 0.2) is 0 Å². The fourth-order valence-electron chi connectivity index (χ4n) is 1.87. The van der Waals surface area contributed by atoms with Gasteiger partial charge in [-0.2, -0.15) is 5.26 Å². The summed E-state index contributed by atoms with van der Waals surface area (Å²) in [5.74, 6) is 0.305. The molecule has 102 valence electrons. The van der Waals surface area contributed by atoms with Crippen LogP contribution in [0.4, 0.5) is 4.39 Å². The zero-order valence-corrected chi connectivity index (χ0v) is 11.0. The van der Waals surface area contributed by atoms with Crippen LogP contribution in [0.25, 0.3) is 0 Å². The Hall–Kier alpha value is -2.38. The van der Waals surface area contributed by atoms with E-state index in [-0.39, 0.29) is 12.4 Å². The summed E-state index contributed by atoms with van der Waals surface area (Å²) in [6.07, 6.45) is 0.822. The van der Waals surface area contributed by atoms with Crippen LogP contribution in [-0.4, -0.2) is 6.54 Å². The molecule has 2 rings (SSSR count). The lowest BCUT2D eigenvalue weighted by Gasteiger charge is -2.08. The summed E-state index contributed by atoms with van der Waals surface area (Å²) >= 11 is 0. The molecule has 0 unspecified atom stereocenters. The molecule has 20 heavy (non-hydrogen) atoms. The summed E-state index contributed by atoms with van der Waals surface area (Å²) in [6.45, 7) is 0.770. The zero-order chi connectivity index (χ0) is 14.4. The summed E-state index contributed by atoms with van der Waals surface area (Å²) in [5.41, 5.74) is 7.59. The van der Waals surface area contributed by atoms with E-state index in [9.17, 15) is 4.39 Å². The monoisotopic (exact) mass is 270 g/mol. The largest absolute Gasteiger partial charge is 0.489 e. The molecule has 0 aliphatic carbocycles. The van der Waals surface area contributed by atoms with Gasteiger partial charge in [-0.25, -0.2) is 4.39 Å². The second-order valence-corrected chi connectivity index (χ2v) is 4.38. The van der Waals surface area contributed by atoms with Gasteiger partial charge in [0.1, 0.15) is 18.2 Å². The molecule has 0 spiro atoms. The third-order valence-corrected chi connectivity index (χ3v) is 2.94. The molecule has 0 radical (unpaired) electrons. The molecule has 0 saturated carbocycles. The maximum Gasteiger partial charge on any atom is 0.123 e. The predicted molar refractivity (Wildman–Crippen MR) is 74.6 cm³/mol. The molecular weight excluding hydrogens is 255 g/mol. The summed E-state index contributed by atoms with van der Waals surface area (Å²) in [7, 11) is 0. The number of halogens is 1. The van der Waals surface area contributed by atoms with Crippen molar-refractivity contribution < 1.29 is 9.13 Å². The van der Waals surface area contributed by atoms with Gasteiger partial charge in [0.2, 0.25) is 0 Å². The molecule has 0 heterocycles. The average molecular weight is 270 g/mol. The molecule has 2 N–H and O–H groups in total. The third kappa shape index (κ3) is 3.56. The van der Waals surface area contributed by atoms with Crippen LogP contribution in [0.1, 0.15) is 16.7 Å². The SMILES string of the molecule is N#Cc1ccc(F)cc1COc1ccc(CCN)cc1. The maximum absolute atomic E-state index is 13.2. The van der Waals surface area contributed by atoms with Crippen molar-refractivity contribution in [3.05, 3.63) is 65.0 Å². The number of nitriles is 1. The highest BCUT2D eigenvalue weighted by Gasteiger charge is 2.05. The van der Waals surface area contributed by atoms with Crippen LogP contribution in [-0.2, 0) is 13.0 Å². The Morgan fingerprint density at radius 2 is 1.90 bits per heavy atom. The molecule has 0 fully saturated rings. The van der Waals surface area contributed by atoms with E-state index in [1.807, 2.05) is 30.3 Å². The third-order valence-electron chi connectivity index (χ3n) is 2.94. The normalized spacial score (nSPS) is 10.1. The Morgan fingerprint density at radius 1 is 1.15 bits per heavy atom. The second kappa shape index (κ2) is 6.69. The smallest absolute Gasteiger partial charge is 0.123 e. The molecule has 0 aliphatic heterocycles. The van der Waals surface area contributed by atoms with E-state index in [0.717, 1.165) is 12.0 Å². The van der Waals surface area contributed by atoms with E-state index >= 15 is 0 Å². The summed E-state index contributed by atoms with van der Waals surface area (Å²) in [4.78, 5) is 0. The van der Waals surface area contributed by atoms with E-state index in [1.54, 1.807) is 0 Å². The van der Waals surface area contributed by atoms with Crippen molar-refractivity contribution >= 4 is 0 Å². The Morgan fingerprint density at radius 3 is 2.55 bits per heavy atom. The molecule has 0 aliphatic rings. The number of nitrogens with two attached hydrogens (primary N) is 1. The molecule has 0 saturated heterocycles. The van der Waals surface area contributed by atoms with E-state index in [2.05, 4.69) is 0 Å². The van der Waals surface area contributed by atoms with Gasteiger partial charge in [0, 0.05) is 5.56 Å². The molecule has 0 atom stereocenters. The minimum Gasteiger partial charge on any atom is -0.489 e. The number of rotatable bonds is 5. The van der Waals surface area contributed by atoms with Crippen molar-refractivity contribution in [3.8, 4) is 11.8 Å². The molecule has 0 bridgehead atoms. The molecule has 0 aromatic heterocycles. The van der Waals surface area contributed by atoms with Crippen LogP contribution in [0, 0.1) is 17.1 Å². The van der Waals surface area contributed by atoms with Crippen LogP contribution >= 0.6 is 0 Å². The molecule has 3 nitrogen and oxygen atoms in total. The average Bonchev–Trinajstić information content (AvgIpc) is 2.47. The summed E-state index contributed by atoms with van der Waals surface area (Å²) < 4.78 is 18.7. The molecule has 0 amide bonds. The lowest BCUT2D eigenvalue weighted by Crippen LogP contribution is -2.03. The molecular formula is C16H15FN2O. The topological polar surface area (TPSA) is 59.0 Å². The van der Waals surface area contributed by atoms with E-state index in [0.29, 0.717) is 23.4 Å². The van der Waals surface area contributed by atoms with Gasteiger partial charge < -0.3 is 10.5 Å². The van der Waals surface area contributed by atoms with Gasteiger partial charge in [-0.05, 0) is 48.9 Å². The molecule has 4 heteroatoms. The first-order chi connectivity index (χ1) is 9.72. The van der Waals surface area contributed by atoms with Crippen molar-refractivity contribution in [1.29, 1.82) is 5.26 Å². The van der Waals surface area contributed by atoms with E-state index in [4.69, 9.17) is 15.7 Å². The summed E-state index contributed by atoms with van der Waals surface area (Å²) in [6, 6.07) is 13.6. The van der Waals surface area contributed by atoms with Crippen molar-refractivity contribution in [2.24, 2.45) is 5.73 Å². The fraction of sp³-hybridized carbons (Fsp3) is 0.188.